The number of carbonyl (C=O) groups excluding carboxylic acids is 1. The largest absolute Gasteiger partial charge is 0.357 e. The van der Waals surface area contributed by atoms with Crippen LogP contribution in [0.2, 0.25) is 0 Å². The molecule has 3 N–H and O–H groups in total. The highest BCUT2D eigenvalue weighted by atomic mass is 16.1. The van der Waals surface area contributed by atoms with E-state index in [1.54, 1.807) is 7.05 Å². The summed E-state index contributed by atoms with van der Waals surface area (Å²) in [7, 11) is 1.65. The first-order valence-corrected chi connectivity index (χ1v) is 9.19. The van der Waals surface area contributed by atoms with E-state index in [0.717, 1.165) is 44.0 Å². The van der Waals surface area contributed by atoms with E-state index >= 15 is 0 Å². The summed E-state index contributed by atoms with van der Waals surface area (Å²) >= 11 is 0. The molecule has 1 aromatic carbocycles. The van der Waals surface area contributed by atoms with Crippen molar-refractivity contribution in [1.29, 1.82) is 0 Å². The van der Waals surface area contributed by atoms with E-state index in [0.29, 0.717) is 11.0 Å². The topological polar surface area (TPSA) is 65.5 Å². The van der Waals surface area contributed by atoms with Crippen LogP contribution in [0.15, 0.2) is 29.3 Å². The maximum atomic E-state index is 11.7. The Bertz CT molecular complexity index is 561. The predicted octanol–water partition coefficient (Wildman–Crippen LogP) is 2.97. The van der Waals surface area contributed by atoms with Gasteiger partial charge >= 0.3 is 0 Å². The van der Waals surface area contributed by atoms with Gasteiger partial charge < -0.3 is 16.0 Å². The number of aliphatic imine (C=N–C) groups is 1. The first kappa shape index (κ1) is 21.0. The zero-order valence-corrected chi connectivity index (χ0v) is 16.4. The Morgan fingerprint density at radius 1 is 1.20 bits per heavy atom. The van der Waals surface area contributed by atoms with Crippen molar-refractivity contribution in [3.8, 4) is 0 Å². The number of hydrogen-bond donors (Lipinski definition) is 3. The van der Waals surface area contributed by atoms with Gasteiger partial charge in [-0.05, 0) is 49.3 Å². The molecule has 25 heavy (non-hydrogen) atoms. The molecule has 0 radical (unpaired) electrons. The summed E-state index contributed by atoms with van der Waals surface area (Å²) in [5.74, 6) is 0.808. The zero-order valence-electron chi connectivity index (χ0n) is 16.4. The molecule has 1 aromatic rings. The van der Waals surface area contributed by atoms with Crippen molar-refractivity contribution in [3.63, 3.8) is 0 Å². The normalized spacial score (nSPS) is 12.0. The van der Waals surface area contributed by atoms with Gasteiger partial charge in [-0.1, -0.05) is 32.9 Å². The highest BCUT2D eigenvalue weighted by molar-refractivity contribution is 5.94. The minimum absolute atomic E-state index is 0.0523. The third-order valence-electron chi connectivity index (χ3n) is 3.82. The number of rotatable bonds is 8. The van der Waals surface area contributed by atoms with E-state index in [1.165, 1.54) is 6.42 Å². The van der Waals surface area contributed by atoms with Crippen LogP contribution in [-0.2, 0) is 6.42 Å². The Labute approximate surface area is 152 Å². The number of carbonyl (C=O) groups is 1. The molecule has 0 unspecified atom stereocenters. The monoisotopic (exact) mass is 346 g/mol. The Kier molecular flexibility index (Phi) is 9.03. The third-order valence-corrected chi connectivity index (χ3v) is 3.82. The molecule has 5 heteroatoms. The van der Waals surface area contributed by atoms with Gasteiger partial charge in [-0.3, -0.25) is 9.79 Å². The fraction of sp³-hybridized carbons (Fsp3) is 0.600. The van der Waals surface area contributed by atoms with Gasteiger partial charge in [0.05, 0.1) is 0 Å². The molecule has 0 heterocycles. The van der Waals surface area contributed by atoms with Gasteiger partial charge in [0, 0.05) is 32.2 Å². The van der Waals surface area contributed by atoms with Crippen molar-refractivity contribution in [3.05, 3.63) is 35.4 Å². The fourth-order valence-corrected chi connectivity index (χ4v) is 2.48. The summed E-state index contributed by atoms with van der Waals surface area (Å²) in [6.45, 7) is 11.3. The van der Waals surface area contributed by atoms with Crippen LogP contribution in [0.1, 0.15) is 56.5 Å². The van der Waals surface area contributed by atoms with Gasteiger partial charge in [-0.15, -0.1) is 0 Å². The van der Waals surface area contributed by atoms with Crippen LogP contribution in [-0.4, -0.2) is 38.5 Å². The van der Waals surface area contributed by atoms with Crippen LogP contribution in [0.5, 0.6) is 0 Å². The van der Waals surface area contributed by atoms with E-state index in [-0.39, 0.29) is 5.91 Å². The van der Waals surface area contributed by atoms with E-state index in [2.05, 4.69) is 48.6 Å². The number of nitrogens with one attached hydrogen (secondary N) is 3. The standard InChI is InChI=1S/C20H34N4O/c1-6-22-19(23-13-8-12-20(2,3)4)24-14-11-16-9-7-10-17(15-16)18(25)21-5/h7,9-10,15H,6,8,11-14H2,1-5H3,(H,21,25)(H2,22,23,24). The molecule has 0 saturated heterocycles. The average Bonchev–Trinajstić information content (AvgIpc) is 2.57. The van der Waals surface area contributed by atoms with Crippen LogP contribution in [0, 0.1) is 5.41 Å². The quantitative estimate of drug-likeness (QED) is 0.385. The lowest BCUT2D eigenvalue weighted by atomic mass is 9.91. The number of hydrogen-bond acceptors (Lipinski definition) is 2. The molecule has 5 nitrogen and oxygen atoms in total. The van der Waals surface area contributed by atoms with Crippen molar-refractivity contribution in [2.45, 2.75) is 47.0 Å². The van der Waals surface area contributed by atoms with Crippen molar-refractivity contribution in [1.82, 2.24) is 16.0 Å². The molecule has 0 spiro atoms. The summed E-state index contributed by atoms with van der Waals surface area (Å²) in [5.41, 5.74) is 2.19. The van der Waals surface area contributed by atoms with Crippen molar-refractivity contribution in [2.75, 3.05) is 26.7 Å². The Hall–Kier alpha value is -2.04. The Balaban J connectivity index is 2.48. The van der Waals surface area contributed by atoms with Gasteiger partial charge in [0.1, 0.15) is 0 Å². The molecule has 0 aliphatic heterocycles. The molecule has 1 amide bonds. The predicted molar refractivity (Wildman–Crippen MR) is 106 cm³/mol. The maximum Gasteiger partial charge on any atom is 0.251 e. The van der Waals surface area contributed by atoms with E-state index in [1.807, 2.05) is 24.3 Å². The average molecular weight is 347 g/mol. The van der Waals surface area contributed by atoms with Crippen molar-refractivity contribution < 1.29 is 4.79 Å². The van der Waals surface area contributed by atoms with Gasteiger partial charge in [0.2, 0.25) is 0 Å². The molecular formula is C20H34N4O. The number of benzene rings is 1. The third kappa shape index (κ3) is 9.13. The van der Waals surface area contributed by atoms with E-state index in [9.17, 15) is 4.79 Å². The summed E-state index contributed by atoms with van der Waals surface area (Å²) < 4.78 is 0. The molecular weight excluding hydrogens is 312 g/mol. The fourth-order valence-electron chi connectivity index (χ4n) is 2.48. The Morgan fingerprint density at radius 3 is 2.60 bits per heavy atom. The van der Waals surface area contributed by atoms with Crippen LogP contribution in [0.3, 0.4) is 0 Å². The molecule has 0 fully saturated rings. The molecule has 0 aliphatic carbocycles. The molecule has 0 aromatic heterocycles. The summed E-state index contributed by atoms with van der Waals surface area (Å²) in [4.78, 5) is 16.3. The smallest absolute Gasteiger partial charge is 0.251 e. The second kappa shape index (κ2) is 10.7. The lowest BCUT2D eigenvalue weighted by Crippen LogP contribution is -2.38. The number of nitrogens with zero attached hydrogens (tertiary/aromatic N) is 1. The van der Waals surface area contributed by atoms with Crippen LogP contribution >= 0.6 is 0 Å². The second-order valence-electron chi connectivity index (χ2n) is 7.38. The highest BCUT2D eigenvalue weighted by Gasteiger charge is 2.09. The second-order valence-corrected chi connectivity index (χ2v) is 7.38. The molecule has 0 aliphatic rings. The number of guanidine groups is 1. The summed E-state index contributed by atoms with van der Waals surface area (Å²) in [6, 6.07) is 7.73. The van der Waals surface area contributed by atoms with Crippen LogP contribution < -0.4 is 16.0 Å². The minimum atomic E-state index is -0.0523. The van der Waals surface area contributed by atoms with E-state index in [4.69, 9.17) is 0 Å². The van der Waals surface area contributed by atoms with Gasteiger partial charge in [0.15, 0.2) is 5.96 Å². The SMILES string of the molecule is CCNC(=NCCCC(C)(C)C)NCCc1cccc(C(=O)NC)c1. The summed E-state index contributed by atoms with van der Waals surface area (Å²) in [6.07, 6.45) is 3.10. The van der Waals surface area contributed by atoms with Gasteiger partial charge in [-0.25, -0.2) is 0 Å². The van der Waals surface area contributed by atoms with Crippen molar-refractivity contribution in [2.24, 2.45) is 10.4 Å². The lowest BCUT2D eigenvalue weighted by Gasteiger charge is -2.17. The molecule has 140 valence electrons. The van der Waals surface area contributed by atoms with Gasteiger partial charge in [0.25, 0.3) is 5.91 Å². The van der Waals surface area contributed by atoms with Crippen molar-refractivity contribution >= 4 is 11.9 Å². The zero-order chi connectivity index (χ0) is 18.7. The lowest BCUT2D eigenvalue weighted by molar-refractivity contribution is 0.0963. The van der Waals surface area contributed by atoms with Gasteiger partial charge in [-0.2, -0.15) is 0 Å². The first-order valence-electron chi connectivity index (χ1n) is 9.19. The summed E-state index contributed by atoms with van der Waals surface area (Å²) in [5, 5.41) is 9.30. The maximum absolute atomic E-state index is 11.7. The molecule has 0 saturated carbocycles. The van der Waals surface area contributed by atoms with Crippen LogP contribution in [0.25, 0.3) is 0 Å². The van der Waals surface area contributed by atoms with E-state index < -0.39 is 0 Å². The number of amides is 1. The molecule has 0 bridgehead atoms. The Morgan fingerprint density at radius 2 is 1.96 bits per heavy atom. The molecule has 1 rings (SSSR count). The highest BCUT2D eigenvalue weighted by Crippen LogP contribution is 2.20. The molecule has 0 atom stereocenters. The first-order chi connectivity index (χ1) is 11.9. The van der Waals surface area contributed by atoms with Crippen LogP contribution in [0.4, 0.5) is 0 Å². The minimum Gasteiger partial charge on any atom is -0.357 e.